The van der Waals surface area contributed by atoms with E-state index in [4.69, 9.17) is 9.97 Å². The van der Waals surface area contributed by atoms with E-state index in [0.717, 1.165) is 33.5 Å². The van der Waals surface area contributed by atoms with Gasteiger partial charge in [0.1, 0.15) is 0 Å². The van der Waals surface area contributed by atoms with Crippen LogP contribution < -0.4 is 0 Å². The molecule has 2 heterocycles. The number of hydrogen-bond donors (Lipinski definition) is 0. The Kier molecular flexibility index (Phi) is 8.39. The third-order valence-corrected chi connectivity index (χ3v) is 13.2. The van der Waals surface area contributed by atoms with Gasteiger partial charge in [0.15, 0.2) is 5.82 Å². The number of fused-ring (bicyclic) bond motifs is 6. The van der Waals surface area contributed by atoms with Crippen LogP contribution in [0.3, 0.4) is 0 Å². The summed E-state index contributed by atoms with van der Waals surface area (Å²) in [5.74, 6) is 0.710. The van der Waals surface area contributed by atoms with Crippen molar-refractivity contribution in [3.8, 4) is 66.6 Å². The van der Waals surface area contributed by atoms with E-state index in [9.17, 15) is 0 Å². The highest BCUT2D eigenvalue weighted by molar-refractivity contribution is 7.22. The topological polar surface area (TPSA) is 25.8 Å². The number of benzene rings is 10. The molecule has 0 radical (unpaired) electrons. The summed E-state index contributed by atoms with van der Waals surface area (Å²) in [5, 5.41) is 11.2. The van der Waals surface area contributed by atoms with Gasteiger partial charge in [-0.15, -0.1) is 11.3 Å². The number of thiophene rings is 1. The molecule has 0 aliphatic carbocycles. The Morgan fingerprint density at radius 2 is 0.836 bits per heavy atom. The minimum Gasteiger partial charge on any atom is -0.228 e. The zero-order valence-corrected chi connectivity index (χ0v) is 33.9. The van der Waals surface area contributed by atoms with Crippen molar-refractivity contribution in [3.63, 3.8) is 0 Å². The van der Waals surface area contributed by atoms with E-state index in [-0.39, 0.29) is 0 Å². The Bertz CT molecular complexity index is 3590. The van der Waals surface area contributed by atoms with Gasteiger partial charge in [-0.1, -0.05) is 188 Å². The van der Waals surface area contributed by atoms with Crippen LogP contribution in [0.25, 0.3) is 120 Å². The molecular formula is C58H36N2S. The average molecular weight is 793 g/mol. The van der Waals surface area contributed by atoms with Crippen LogP contribution in [-0.4, -0.2) is 9.97 Å². The Labute approximate surface area is 357 Å². The molecule has 12 aromatic rings. The first-order valence-electron chi connectivity index (χ1n) is 20.7. The second-order valence-electron chi connectivity index (χ2n) is 15.7. The molecule has 284 valence electrons. The molecule has 10 aromatic carbocycles. The van der Waals surface area contributed by atoms with Crippen molar-refractivity contribution in [3.05, 3.63) is 218 Å². The summed E-state index contributed by atoms with van der Waals surface area (Å²) in [5.41, 5.74) is 11.1. The average Bonchev–Trinajstić information content (AvgIpc) is 3.78. The maximum absolute atomic E-state index is 5.18. The summed E-state index contributed by atoms with van der Waals surface area (Å²) in [6.07, 6.45) is 0. The third-order valence-electron chi connectivity index (χ3n) is 12.1. The number of hydrogen-bond acceptors (Lipinski definition) is 3. The Balaban J connectivity index is 0.987. The number of rotatable bonds is 6. The predicted molar refractivity (Wildman–Crippen MR) is 260 cm³/mol. The van der Waals surface area contributed by atoms with E-state index >= 15 is 0 Å². The van der Waals surface area contributed by atoms with Crippen LogP contribution in [0.4, 0.5) is 0 Å². The van der Waals surface area contributed by atoms with Crippen molar-refractivity contribution in [2.24, 2.45) is 0 Å². The van der Waals surface area contributed by atoms with Crippen molar-refractivity contribution < 1.29 is 0 Å². The quantitative estimate of drug-likeness (QED) is 0.124. The minimum atomic E-state index is 0.710. The van der Waals surface area contributed by atoms with Gasteiger partial charge >= 0.3 is 0 Å². The third kappa shape index (κ3) is 6.18. The lowest BCUT2D eigenvalue weighted by Crippen LogP contribution is -1.96. The zero-order chi connectivity index (χ0) is 40.3. The van der Waals surface area contributed by atoms with Gasteiger partial charge in [-0.25, -0.2) is 9.97 Å². The smallest absolute Gasteiger partial charge is 0.160 e. The van der Waals surface area contributed by atoms with Crippen molar-refractivity contribution >= 4 is 64.5 Å². The largest absolute Gasteiger partial charge is 0.228 e. The molecule has 0 spiro atoms. The van der Waals surface area contributed by atoms with E-state index < -0.39 is 0 Å². The molecule has 0 amide bonds. The molecule has 12 rings (SSSR count). The maximum atomic E-state index is 5.18. The van der Waals surface area contributed by atoms with Crippen LogP contribution in [0.5, 0.6) is 0 Å². The standard InChI is InChI=1S/C58H36N2S/c1-3-14-40(15-4-1)55-48-20-10-11-21-49(48)56(57-47-19-9-7-13-37(47)31-32-50(55)57)46-30-28-42-33-44(29-27-43(42)34-46)52-36-51(59-58(60-52)41-16-5-2-6-17-41)38-23-25-39(26-24-38)54-35-45-18-8-12-22-53(45)61-54/h1-36H. The highest BCUT2D eigenvalue weighted by Crippen LogP contribution is 2.47. The predicted octanol–water partition coefficient (Wildman–Crippen LogP) is 16.3. The molecule has 0 aliphatic rings. The second kappa shape index (κ2) is 14.5. The minimum absolute atomic E-state index is 0.710. The molecule has 0 bridgehead atoms. The molecule has 0 atom stereocenters. The fraction of sp³-hybridized carbons (Fsp3) is 0. The first-order valence-corrected chi connectivity index (χ1v) is 21.5. The normalized spacial score (nSPS) is 11.6. The van der Waals surface area contributed by atoms with E-state index in [1.54, 1.807) is 0 Å². The summed E-state index contributed by atoms with van der Waals surface area (Å²) in [4.78, 5) is 11.6. The molecular weight excluding hydrogens is 757 g/mol. The molecule has 2 aromatic heterocycles. The fourth-order valence-corrected chi connectivity index (χ4v) is 10.2. The Morgan fingerprint density at radius 1 is 0.295 bits per heavy atom. The molecule has 0 saturated heterocycles. The van der Waals surface area contributed by atoms with Crippen LogP contribution in [-0.2, 0) is 0 Å². The Hall–Kier alpha value is -7.72. The van der Waals surface area contributed by atoms with Crippen LogP contribution in [0, 0.1) is 0 Å². The zero-order valence-electron chi connectivity index (χ0n) is 33.1. The lowest BCUT2D eigenvalue weighted by Gasteiger charge is -2.19. The lowest BCUT2D eigenvalue weighted by atomic mass is 9.83. The maximum Gasteiger partial charge on any atom is 0.160 e. The summed E-state index contributed by atoms with van der Waals surface area (Å²) < 4.78 is 1.30. The van der Waals surface area contributed by atoms with E-state index in [2.05, 4.69) is 200 Å². The number of aromatic nitrogens is 2. The monoisotopic (exact) mass is 792 g/mol. The van der Waals surface area contributed by atoms with Gasteiger partial charge < -0.3 is 0 Å². The summed E-state index contributed by atoms with van der Waals surface area (Å²) in [6.45, 7) is 0. The summed E-state index contributed by atoms with van der Waals surface area (Å²) in [6, 6.07) is 78.9. The number of nitrogens with zero attached hydrogens (tertiary/aromatic N) is 2. The SMILES string of the molecule is c1ccc(-c2nc(-c3ccc(-c4cc5ccccc5s4)cc3)cc(-c3ccc4cc(-c5c6ccccc6c(-c6ccccc6)c6ccc7ccccc7c56)ccc4c3)n2)cc1. The highest BCUT2D eigenvalue weighted by atomic mass is 32.1. The molecule has 0 unspecified atom stereocenters. The van der Waals surface area contributed by atoms with E-state index in [1.165, 1.54) is 80.5 Å². The van der Waals surface area contributed by atoms with Crippen molar-refractivity contribution in [1.82, 2.24) is 9.97 Å². The van der Waals surface area contributed by atoms with Gasteiger partial charge in [0.05, 0.1) is 11.4 Å². The molecule has 0 N–H and O–H groups in total. The lowest BCUT2D eigenvalue weighted by molar-refractivity contribution is 1.18. The van der Waals surface area contributed by atoms with Crippen molar-refractivity contribution in [2.75, 3.05) is 0 Å². The molecule has 0 saturated carbocycles. The highest BCUT2D eigenvalue weighted by Gasteiger charge is 2.19. The first-order chi connectivity index (χ1) is 30.2. The van der Waals surface area contributed by atoms with Gasteiger partial charge in [-0.3, -0.25) is 0 Å². The molecule has 0 aliphatic heterocycles. The van der Waals surface area contributed by atoms with E-state index in [0.29, 0.717) is 5.82 Å². The van der Waals surface area contributed by atoms with Crippen LogP contribution in [0.2, 0.25) is 0 Å². The van der Waals surface area contributed by atoms with Crippen LogP contribution >= 0.6 is 11.3 Å². The summed E-state index contributed by atoms with van der Waals surface area (Å²) >= 11 is 1.83. The van der Waals surface area contributed by atoms with Gasteiger partial charge in [0.2, 0.25) is 0 Å². The fourth-order valence-electron chi connectivity index (χ4n) is 9.11. The summed E-state index contributed by atoms with van der Waals surface area (Å²) in [7, 11) is 0. The van der Waals surface area contributed by atoms with Crippen molar-refractivity contribution in [1.29, 1.82) is 0 Å². The van der Waals surface area contributed by atoms with Gasteiger partial charge in [-0.05, 0) is 107 Å². The van der Waals surface area contributed by atoms with Crippen molar-refractivity contribution in [2.45, 2.75) is 0 Å². The molecule has 0 fully saturated rings. The first kappa shape index (κ1) is 35.2. The molecule has 3 heteroatoms. The molecule has 61 heavy (non-hydrogen) atoms. The second-order valence-corrected chi connectivity index (χ2v) is 16.8. The Morgan fingerprint density at radius 3 is 1.57 bits per heavy atom. The van der Waals surface area contributed by atoms with Gasteiger partial charge in [0, 0.05) is 26.3 Å². The van der Waals surface area contributed by atoms with Crippen LogP contribution in [0.15, 0.2) is 218 Å². The van der Waals surface area contributed by atoms with Gasteiger partial charge in [-0.2, -0.15) is 0 Å². The van der Waals surface area contributed by atoms with Crippen LogP contribution in [0.1, 0.15) is 0 Å². The molecule has 2 nitrogen and oxygen atoms in total. The van der Waals surface area contributed by atoms with Gasteiger partial charge in [0.25, 0.3) is 0 Å². The van der Waals surface area contributed by atoms with E-state index in [1.807, 2.05) is 29.5 Å².